The van der Waals surface area contributed by atoms with Gasteiger partial charge < -0.3 is 10.2 Å². The standard InChI is InChI=1S/C9H6BrNO3/c10-3-8(13)5-1-6(4-11)9(14)7(12)2-5/h1-2,12,14H,3H2. The Labute approximate surface area is 88.5 Å². The number of carbonyl (C=O) groups excluding carboxylic acids is 1. The summed E-state index contributed by atoms with van der Waals surface area (Å²) >= 11 is 2.96. The zero-order chi connectivity index (χ0) is 10.7. The maximum absolute atomic E-state index is 11.2. The van der Waals surface area contributed by atoms with Crippen LogP contribution in [0.15, 0.2) is 12.1 Å². The highest BCUT2D eigenvalue weighted by Gasteiger charge is 2.12. The summed E-state index contributed by atoms with van der Waals surface area (Å²) in [7, 11) is 0. The number of ketones is 1. The monoisotopic (exact) mass is 255 g/mol. The van der Waals surface area contributed by atoms with Crippen LogP contribution in [0.3, 0.4) is 0 Å². The fraction of sp³-hybridized carbons (Fsp3) is 0.111. The average Bonchev–Trinajstić information content (AvgIpc) is 2.20. The van der Waals surface area contributed by atoms with Crippen LogP contribution in [0, 0.1) is 11.3 Å². The van der Waals surface area contributed by atoms with Crippen molar-refractivity contribution in [2.45, 2.75) is 0 Å². The number of rotatable bonds is 2. The normalized spacial score (nSPS) is 9.43. The van der Waals surface area contributed by atoms with E-state index in [-0.39, 0.29) is 22.2 Å². The summed E-state index contributed by atoms with van der Waals surface area (Å²) in [6.07, 6.45) is 0. The number of nitrogens with zero attached hydrogens (tertiary/aromatic N) is 1. The van der Waals surface area contributed by atoms with E-state index in [1.807, 2.05) is 0 Å². The molecular formula is C9H6BrNO3. The summed E-state index contributed by atoms with van der Waals surface area (Å²) in [5.41, 5.74) is 0.0722. The largest absolute Gasteiger partial charge is 0.504 e. The fourth-order valence-electron chi connectivity index (χ4n) is 0.943. The number of phenols is 2. The molecule has 1 rings (SSSR count). The molecule has 0 radical (unpaired) electrons. The van der Waals surface area contributed by atoms with Crippen molar-refractivity contribution in [3.05, 3.63) is 23.3 Å². The molecule has 1 aromatic carbocycles. The first-order valence-electron chi connectivity index (χ1n) is 3.65. The minimum atomic E-state index is -0.501. The maximum atomic E-state index is 11.2. The molecule has 0 amide bonds. The van der Waals surface area contributed by atoms with Gasteiger partial charge in [0, 0.05) is 5.56 Å². The molecule has 0 aliphatic carbocycles. The Morgan fingerprint density at radius 1 is 1.50 bits per heavy atom. The summed E-state index contributed by atoms with van der Waals surface area (Å²) < 4.78 is 0. The molecule has 0 aromatic heterocycles. The number of hydrogen-bond acceptors (Lipinski definition) is 4. The van der Waals surface area contributed by atoms with Crippen LogP contribution in [0.4, 0.5) is 0 Å². The number of aromatic hydroxyl groups is 2. The van der Waals surface area contributed by atoms with E-state index in [0.29, 0.717) is 0 Å². The second-order valence-corrected chi connectivity index (χ2v) is 3.12. The number of halogens is 1. The second-order valence-electron chi connectivity index (χ2n) is 2.56. The Morgan fingerprint density at radius 3 is 2.64 bits per heavy atom. The van der Waals surface area contributed by atoms with Crippen molar-refractivity contribution in [1.82, 2.24) is 0 Å². The van der Waals surface area contributed by atoms with Gasteiger partial charge in [-0.15, -0.1) is 0 Å². The van der Waals surface area contributed by atoms with Crippen LogP contribution >= 0.6 is 15.9 Å². The third-order valence-electron chi connectivity index (χ3n) is 1.65. The summed E-state index contributed by atoms with van der Waals surface area (Å²) in [4.78, 5) is 11.2. The topological polar surface area (TPSA) is 81.3 Å². The lowest BCUT2D eigenvalue weighted by atomic mass is 10.1. The lowest BCUT2D eigenvalue weighted by Gasteiger charge is -2.02. The molecule has 2 N–H and O–H groups in total. The molecule has 0 atom stereocenters. The van der Waals surface area contributed by atoms with E-state index in [0.717, 1.165) is 6.07 Å². The van der Waals surface area contributed by atoms with E-state index in [9.17, 15) is 15.0 Å². The van der Waals surface area contributed by atoms with Crippen LogP contribution in [-0.2, 0) is 0 Å². The van der Waals surface area contributed by atoms with Gasteiger partial charge >= 0.3 is 0 Å². The summed E-state index contributed by atoms with van der Waals surface area (Å²) in [6.45, 7) is 0. The van der Waals surface area contributed by atoms with Crippen molar-refractivity contribution in [2.75, 3.05) is 5.33 Å². The maximum Gasteiger partial charge on any atom is 0.175 e. The van der Waals surface area contributed by atoms with E-state index >= 15 is 0 Å². The SMILES string of the molecule is N#Cc1cc(C(=O)CBr)cc(O)c1O. The van der Waals surface area contributed by atoms with Gasteiger partial charge in [-0.3, -0.25) is 4.79 Å². The molecule has 0 aliphatic rings. The van der Waals surface area contributed by atoms with Gasteiger partial charge in [-0.1, -0.05) is 15.9 Å². The summed E-state index contributed by atoms with van der Waals surface area (Å²) in [5, 5.41) is 27.0. The minimum Gasteiger partial charge on any atom is -0.504 e. The lowest BCUT2D eigenvalue weighted by molar-refractivity contribution is 0.102. The molecule has 0 heterocycles. The second kappa shape index (κ2) is 4.11. The van der Waals surface area contributed by atoms with Gasteiger partial charge in [0.1, 0.15) is 6.07 Å². The van der Waals surface area contributed by atoms with Gasteiger partial charge in [-0.2, -0.15) is 5.26 Å². The van der Waals surface area contributed by atoms with Crippen molar-refractivity contribution < 1.29 is 15.0 Å². The van der Waals surface area contributed by atoms with Gasteiger partial charge in [0.15, 0.2) is 17.3 Å². The van der Waals surface area contributed by atoms with Gasteiger partial charge in [0.2, 0.25) is 0 Å². The van der Waals surface area contributed by atoms with Crippen molar-refractivity contribution in [2.24, 2.45) is 0 Å². The van der Waals surface area contributed by atoms with Crippen LogP contribution in [-0.4, -0.2) is 21.3 Å². The number of hydrogen-bond donors (Lipinski definition) is 2. The molecule has 1 aromatic rings. The molecule has 0 aliphatic heterocycles. The van der Waals surface area contributed by atoms with Gasteiger partial charge in [0.05, 0.1) is 10.9 Å². The average molecular weight is 256 g/mol. The number of phenolic OH excluding ortho intramolecular Hbond substituents is 2. The predicted molar refractivity (Wildman–Crippen MR) is 52.6 cm³/mol. The van der Waals surface area contributed by atoms with Gasteiger partial charge in [-0.25, -0.2) is 0 Å². The third kappa shape index (κ3) is 1.86. The van der Waals surface area contributed by atoms with E-state index in [4.69, 9.17) is 5.26 Å². The molecule has 0 bridgehead atoms. The Bertz CT molecular complexity index is 423. The summed E-state index contributed by atoms with van der Waals surface area (Å²) in [5.74, 6) is -1.23. The van der Waals surface area contributed by atoms with Crippen LogP contribution in [0.5, 0.6) is 11.5 Å². The quantitative estimate of drug-likeness (QED) is 0.477. The number of alkyl halides is 1. The number of carbonyl (C=O) groups is 1. The van der Waals surface area contributed by atoms with Crippen molar-refractivity contribution in [3.8, 4) is 17.6 Å². The van der Waals surface area contributed by atoms with E-state index < -0.39 is 11.5 Å². The minimum absolute atomic E-state index is 0.0993. The molecule has 72 valence electrons. The Balaban J connectivity index is 3.32. The number of Topliss-reactive ketones (excluding diaryl/α,β-unsaturated/α-hetero) is 1. The van der Waals surface area contributed by atoms with Crippen molar-refractivity contribution >= 4 is 21.7 Å². The van der Waals surface area contributed by atoms with Crippen molar-refractivity contribution in [1.29, 1.82) is 5.26 Å². The van der Waals surface area contributed by atoms with Gasteiger partial charge in [0.25, 0.3) is 0 Å². The highest BCUT2D eigenvalue weighted by atomic mass is 79.9. The van der Waals surface area contributed by atoms with E-state index in [1.165, 1.54) is 6.07 Å². The van der Waals surface area contributed by atoms with Crippen LogP contribution < -0.4 is 0 Å². The molecule has 4 nitrogen and oxygen atoms in total. The molecular weight excluding hydrogens is 250 g/mol. The van der Waals surface area contributed by atoms with Crippen LogP contribution in [0.25, 0.3) is 0 Å². The summed E-state index contributed by atoms with van der Waals surface area (Å²) in [6, 6.07) is 4.04. The van der Waals surface area contributed by atoms with Gasteiger partial charge in [-0.05, 0) is 12.1 Å². The fourth-order valence-corrected chi connectivity index (χ4v) is 1.27. The zero-order valence-electron chi connectivity index (χ0n) is 6.99. The van der Waals surface area contributed by atoms with E-state index in [2.05, 4.69) is 15.9 Å². The lowest BCUT2D eigenvalue weighted by Crippen LogP contribution is -2.00. The molecule has 0 unspecified atom stereocenters. The Kier molecular flexibility index (Phi) is 3.10. The zero-order valence-corrected chi connectivity index (χ0v) is 8.58. The molecule has 0 saturated heterocycles. The number of nitriles is 1. The first-order valence-corrected chi connectivity index (χ1v) is 4.77. The Hall–Kier alpha value is -1.54. The number of benzene rings is 1. The first-order chi connectivity index (χ1) is 6.60. The third-order valence-corrected chi connectivity index (χ3v) is 2.16. The van der Waals surface area contributed by atoms with Crippen LogP contribution in [0.2, 0.25) is 0 Å². The highest BCUT2D eigenvalue weighted by molar-refractivity contribution is 9.09. The predicted octanol–water partition coefficient (Wildman–Crippen LogP) is 1.55. The molecule has 5 heteroatoms. The molecule has 0 fully saturated rings. The highest BCUT2D eigenvalue weighted by Crippen LogP contribution is 2.29. The first kappa shape index (κ1) is 10.5. The molecule has 14 heavy (non-hydrogen) atoms. The smallest absolute Gasteiger partial charge is 0.175 e. The van der Waals surface area contributed by atoms with Crippen LogP contribution in [0.1, 0.15) is 15.9 Å². The molecule has 0 saturated carbocycles. The van der Waals surface area contributed by atoms with Crippen molar-refractivity contribution in [3.63, 3.8) is 0 Å². The Morgan fingerprint density at radius 2 is 2.14 bits per heavy atom. The molecule has 0 spiro atoms. The van der Waals surface area contributed by atoms with E-state index in [1.54, 1.807) is 6.07 Å².